The second-order valence-electron chi connectivity index (χ2n) is 11.8. The maximum absolute atomic E-state index is 12.9. The fraction of sp³-hybridized carbons (Fsp3) is 0.714. The maximum atomic E-state index is 12.9. The van der Waals surface area contributed by atoms with Crippen LogP contribution in [0.2, 0.25) is 0 Å². The fourth-order valence-electron chi connectivity index (χ4n) is 4.61. The van der Waals surface area contributed by atoms with E-state index in [2.05, 4.69) is 19.2 Å². The number of carbonyl (C=O) groups is 4. The summed E-state index contributed by atoms with van der Waals surface area (Å²) in [5.41, 5.74) is 14.2. The molecule has 4 atom stereocenters. The number of benzene rings is 1. The summed E-state index contributed by atoms with van der Waals surface area (Å²) in [7, 11) is 1.64. The van der Waals surface area contributed by atoms with Crippen LogP contribution in [0.4, 0.5) is 0 Å². The Labute approximate surface area is 301 Å². The van der Waals surface area contributed by atoms with Gasteiger partial charge in [0, 0.05) is 45.2 Å². The van der Waals surface area contributed by atoms with E-state index in [1.807, 2.05) is 45.0 Å². The number of likely N-dealkylation sites (N-methyl/N-ethyl adjacent to an activating group) is 1. The van der Waals surface area contributed by atoms with Gasteiger partial charge in [0.2, 0.25) is 0 Å². The molecule has 0 saturated heterocycles. The second kappa shape index (κ2) is 26.4. The van der Waals surface area contributed by atoms with Crippen molar-refractivity contribution in [2.24, 2.45) is 11.5 Å². The number of nitrogens with one attached hydrogen (secondary N) is 1. The van der Waals surface area contributed by atoms with E-state index in [4.69, 9.17) is 30.4 Å². The quantitative estimate of drug-likeness (QED) is 0.0893. The Bertz CT molecular complexity index is 1100. The Kier molecular flexibility index (Phi) is 24.1. The number of esters is 2. The minimum Gasteiger partial charge on any atom is -0.465 e. The van der Waals surface area contributed by atoms with Crippen molar-refractivity contribution in [1.29, 1.82) is 0 Å². The van der Waals surface area contributed by atoms with Crippen molar-refractivity contribution in [3.8, 4) is 0 Å². The van der Waals surface area contributed by atoms with Crippen molar-refractivity contribution in [2.45, 2.75) is 104 Å². The molecule has 0 saturated carbocycles. The molecule has 1 aromatic rings. The normalized spacial score (nSPS) is 13.7. The third-order valence-corrected chi connectivity index (χ3v) is 9.24. The largest absolute Gasteiger partial charge is 0.465 e. The minimum absolute atomic E-state index is 0.0212. The molecule has 0 aliphatic heterocycles. The van der Waals surface area contributed by atoms with E-state index in [0.717, 1.165) is 34.1 Å². The van der Waals surface area contributed by atoms with Gasteiger partial charge < -0.3 is 40.6 Å². The van der Waals surface area contributed by atoms with E-state index in [1.54, 1.807) is 30.6 Å². The van der Waals surface area contributed by atoms with Crippen molar-refractivity contribution in [3.05, 3.63) is 35.4 Å². The van der Waals surface area contributed by atoms with Crippen LogP contribution in [0.1, 0.15) is 71.4 Å². The van der Waals surface area contributed by atoms with E-state index < -0.39 is 36.2 Å². The Morgan fingerprint density at radius 2 is 1.41 bits per heavy atom. The summed E-state index contributed by atoms with van der Waals surface area (Å²) >= 11 is 3.53. The van der Waals surface area contributed by atoms with Gasteiger partial charge >= 0.3 is 11.9 Å². The number of nitrogens with zero attached hydrogens (tertiary/aromatic N) is 1. The molecule has 280 valence electrons. The highest BCUT2D eigenvalue weighted by Gasteiger charge is 2.29. The summed E-state index contributed by atoms with van der Waals surface area (Å²) in [6.45, 7) is 10.7. The third kappa shape index (κ3) is 19.6. The average Bonchev–Trinajstić information content (AvgIpc) is 3.07. The lowest BCUT2D eigenvalue weighted by molar-refractivity contribution is -0.147. The topological polar surface area (TPSA) is 173 Å². The van der Waals surface area contributed by atoms with Crippen LogP contribution < -0.4 is 16.8 Å². The molecular weight excluding hydrogens is 669 g/mol. The Morgan fingerprint density at radius 1 is 0.837 bits per heavy atom. The summed E-state index contributed by atoms with van der Waals surface area (Å²) in [5, 5.41) is 2.75. The predicted octanol–water partition coefficient (Wildman–Crippen LogP) is 3.31. The number of rotatable bonds is 27. The Hall–Kier alpha value is -2.36. The van der Waals surface area contributed by atoms with Crippen molar-refractivity contribution < 1.29 is 38.1 Å². The molecular formula is C35H60N4O8S2. The summed E-state index contributed by atoms with van der Waals surface area (Å²) in [6.07, 6.45) is 0.239. The lowest BCUT2D eigenvalue weighted by atomic mass is 10.1. The Balaban J connectivity index is 2.38. The standard InChI is InChI=1S/C35H60N4O8S2/c1-7-44-33(29(37)18-23-49-9-3)35(43)39(6)20-15-31(41)45-21-16-26-10-12-27(13-11-26)24-46-30(40)14-19-38-34(42)32(47-25(4)5)28(36)17-22-48-8-2/h10-13,25,28-29,32-33H,7-9,14-24,36-37H2,1-6H3,(H,38,42)/t28-,29?,32?,33?/m1/s1. The van der Waals surface area contributed by atoms with Crippen LogP contribution in [0.15, 0.2) is 24.3 Å². The number of nitrogens with two attached hydrogens (primary N) is 2. The van der Waals surface area contributed by atoms with E-state index in [1.165, 1.54) is 4.90 Å². The molecule has 0 aromatic heterocycles. The summed E-state index contributed by atoms with van der Waals surface area (Å²) in [5.74, 6) is 2.27. The van der Waals surface area contributed by atoms with E-state index >= 15 is 0 Å². The predicted molar refractivity (Wildman–Crippen MR) is 197 cm³/mol. The smallest absolute Gasteiger partial charge is 0.307 e. The van der Waals surface area contributed by atoms with Crippen LogP contribution in [0, 0.1) is 0 Å². The molecule has 12 nitrogen and oxygen atoms in total. The van der Waals surface area contributed by atoms with Gasteiger partial charge in [0.05, 0.1) is 25.6 Å². The molecule has 49 heavy (non-hydrogen) atoms. The van der Waals surface area contributed by atoms with E-state index in [9.17, 15) is 19.2 Å². The van der Waals surface area contributed by atoms with Crippen LogP contribution in [-0.2, 0) is 51.2 Å². The molecule has 0 fully saturated rings. The fourth-order valence-corrected chi connectivity index (χ4v) is 6.06. The van der Waals surface area contributed by atoms with Gasteiger partial charge in [-0.25, -0.2) is 0 Å². The number of thioether (sulfide) groups is 2. The van der Waals surface area contributed by atoms with Gasteiger partial charge in [-0.3, -0.25) is 19.2 Å². The molecule has 3 unspecified atom stereocenters. The zero-order chi connectivity index (χ0) is 36.6. The number of hydrogen-bond donors (Lipinski definition) is 3. The monoisotopic (exact) mass is 728 g/mol. The van der Waals surface area contributed by atoms with Gasteiger partial charge in [-0.05, 0) is 67.8 Å². The summed E-state index contributed by atoms with van der Waals surface area (Å²) in [6, 6.07) is 6.62. The van der Waals surface area contributed by atoms with Crippen molar-refractivity contribution >= 4 is 47.3 Å². The minimum atomic E-state index is -0.782. The molecule has 2 amide bonds. The third-order valence-electron chi connectivity index (χ3n) is 7.38. The first-order valence-corrected chi connectivity index (χ1v) is 19.6. The number of ether oxygens (including phenoxy) is 4. The molecule has 0 heterocycles. The second-order valence-corrected chi connectivity index (χ2v) is 14.6. The van der Waals surface area contributed by atoms with Gasteiger partial charge in [0.25, 0.3) is 11.8 Å². The molecule has 1 rings (SSSR count). The van der Waals surface area contributed by atoms with Crippen molar-refractivity contribution in [1.82, 2.24) is 10.2 Å². The van der Waals surface area contributed by atoms with Crippen LogP contribution in [0.5, 0.6) is 0 Å². The van der Waals surface area contributed by atoms with E-state index in [0.29, 0.717) is 25.9 Å². The van der Waals surface area contributed by atoms with Crippen LogP contribution in [0.3, 0.4) is 0 Å². The average molecular weight is 729 g/mol. The Morgan fingerprint density at radius 3 is 1.98 bits per heavy atom. The zero-order valence-electron chi connectivity index (χ0n) is 30.3. The first-order chi connectivity index (χ1) is 23.4. The molecule has 1 aromatic carbocycles. The highest BCUT2D eigenvalue weighted by Crippen LogP contribution is 2.13. The highest BCUT2D eigenvalue weighted by molar-refractivity contribution is 7.99. The SMILES string of the molecule is CCOC(C(=O)N(C)CCC(=O)OCCc1ccc(COC(=O)CCNC(=O)C(OC(C)C)[C@H](N)CCSCC)cc1)C(N)CCSCC. The first kappa shape index (κ1) is 44.7. The van der Waals surface area contributed by atoms with E-state index in [-0.39, 0.29) is 57.1 Å². The summed E-state index contributed by atoms with van der Waals surface area (Å²) in [4.78, 5) is 51.7. The van der Waals surface area contributed by atoms with Crippen molar-refractivity contribution in [2.75, 3.05) is 56.4 Å². The zero-order valence-corrected chi connectivity index (χ0v) is 31.9. The van der Waals surface area contributed by atoms with Gasteiger partial charge in [-0.1, -0.05) is 38.1 Å². The molecule has 5 N–H and O–H groups in total. The lowest BCUT2D eigenvalue weighted by Gasteiger charge is -2.27. The lowest BCUT2D eigenvalue weighted by Crippen LogP contribution is -2.49. The van der Waals surface area contributed by atoms with Gasteiger partial charge in [0.1, 0.15) is 6.61 Å². The van der Waals surface area contributed by atoms with Gasteiger partial charge in [0.15, 0.2) is 12.2 Å². The van der Waals surface area contributed by atoms with Crippen LogP contribution >= 0.6 is 23.5 Å². The highest BCUT2D eigenvalue weighted by atomic mass is 32.2. The van der Waals surface area contributed by atoms with Crippen LogP contribution in [-0.4, -0.2) is 115 Å². The molecule has 0 aliphatic carbocycles. The number of carbonyl (C=O) groups excluding carboxylic acids is 4. The molecule has 14 heteroatoms. The first-order valence-electron chi connectivity index (χ1n) is 17.3. The molecule has 0 radical (unpaired) electrons. The van der Waals surface area contributed by atoms with Gasteiger partial charge in [-0.15, -0.1) is 0 Å². The van der Waals surface area contributed by atoms with Crippen molar-refractivity contribution in [3.63, 3.8) is 0 Å². The molecule has 0 aliphatic rings. The van der Waals surface area contributed by atoms with Gasteiger partial charge in [-0.2, -0.15) is 23.5 Å². The van der Waals surface area contributed by atoms with Crippen LogP contribution in [0.25, 0.3) is 0 Å². The molecule has 0 spiro atoms. The number of hydrogen-bond acceptors (Lipinski definition) is 12. The summed E-state index contributed by atoms with van der Waals surface area (Å²) < 4.78 is 22.2. The maximum Gasteiger partial charge on any atom is 0.307 e. The molecule has 0 bridgehead atoms. The number of amides is 2.